The van der Waals surface area contributed by atoms with Gasteiger partial charge in [-0.1, -0.05) is 29.8 Å². The van der Waals surface area contributed by atoms with Gasteiger partial charge < -0.3 is 40.3 Å². The number of carbonyl (C=O) groups excluding carboxylic acids is 1. The van der Waals surface area contributed by atoms with Gasteiger partial charge in [0.05, 0.1) is 35.9 Å². The second-order valence-corrected chi connectivity index (χ2v) is 16.3. The number of hydrogen-bond donors (Lipinski definition) is 6. The van der Waals surface area contributed by atoms with Gasteiger partial charge in [0.25, 0.3) is 0 Å². The Morgan fingerprint density at radius 3 is 2.38 bits per heavy atom. The summed E-state index contributed by atoms with van der Waals surface area (Å²) in [4.78, 5) is 17.0. The number of amides is 1. The number of halogens is 1. The third-order valence-electron chi connectivity index (χ3n) is 10.1. The largest absolute Gasteiger partial charge is 0.490 e. The fourth-order valence-corrected chi connectivity index (χ4v) is 8.23. The fraction of sp³-hybridized carbons (Fsp3) is 0.514. The topological polar surface area (TPSA) is 199 Å². The van der Waals surface area contributed by atoms with Crippen LogP contribution in [0.1, 0.15) is 56.1 Å². The molecule has 2 aliphatic carbocycles. The number of benzene rings is 2. The number of piperidine rings is 1. The highest BCUT2D eigenvalue weighted by Gasteiger charge is 2.48. The number of aromatic nitrogens is 1. The van der Waals surface area contributed by atoms with Crippen LogP contribution in [0.4, 0.5) is 0 Å². The van der Waals surface area contributed by atoms with Crippen LogP contribution in [0.15, 0.2) is 65.8 Å². The number of nitrogens with zero attached hydrogens (tertiary/aromatic N) is 2. The van der Waals surface area contributed by atoms with Gasteiger partial charge in [-0.05, 0) is 85.9 Å². The molecule has 282 valence electrons. The van der Waals surface area contributed by atoms with Crippen molar-refractivity contribution in [1.29, 1.82) is 0 Å². The maximum Gasteiger partial charge on any atom is 0.243 e. The second kappa shape index (κ2) is 16.5. The molecule has 0 unspecified atom stereocenters. The Morgan fingerprint density at radius 2 is 1.69 bits per heavy atom. The lowest BCUT2D eigenvalue weighted by atomic mass is 9.94. The quantitative estimate of drug-likeness (QED) is 0.118. The van der Waals surface area contributed by atoms with Crippen molar-refractivity contribution in [2.45, 2.75) is 92.6 Å². The van der Waals surface area contributed by atoms with Gasteiger partial charge in [-0.3, -0.25) is 9.78 Å². The third kappa shape index (κ3) is 8.95. The molecule has 15 heteroatoms. The van der Waals surface area contributed by atoms with Crippen molar-refractivity contribution >= 4 is 27.5 Å². The van der Waals surface area contributed by atoms with E-state index in [-0.39, 0.29) is 49.6 Å². The van der Waals surface area contributed by atoms with Crippen molar-refractivity contribution in [2.24, 2.45) is 5.92 Å². The normalized spacial score (nSPS) is 20.1. The molecular weight excluding hydrogens is 714 g/mol. The Kier molecular flexibility index (Phi) is 12.2. The first kappa shape index (κ1) is 38.5. The monoisotopic (exact) mass is 759 g/mol. The number of para-hydroxylation sites is 1. The number of nitrogens with one attached hydrogen (secondary N) is 1. The van der Waals surface area contributed by atoms with Crippen LogP contribution in [0.2, 0.25) is 5.02 Å². The lowest BCUT2D eigenvalue weighted by molar-refractivity contribution is -0.127. The lowest BCUT2D eigenvalue weighted by Gasteiger charge is -2.31. The van der Waals surface area contributed by atoms with Crippen molar-refractivity contribution in [2.75, 3.05) is 26.2 Å². The van der Waals surface area contributed by atoms with Crippen LogP contribution >= 0.6 is 11.6 Å². The molecule has 3 aliphatic rings. The van der Waals surface area contributed by atoms with Gasteiger partial charge in [0.1, 0.15) is 24.1 Å². The average molecular weight is 760 g/mol. The summed E-state index contributed by atoms with van der Waals surface area (Å²) in [7, 11) is -3.87. The van der Waals surface area contributed by atoms with E-state index in [9.17, 15) is 33.6 Å². The molecule has 1 aliphatic heterocycles. The van der Waals surface area contributed by atoms with Gasteiger partial charge in [-0.15, -0.1) is 0 Å². The molecule has 6 rings (SSSR count). The Hall–Kier alpha value is -3.18. The summed E-state index contributed by atoms with van der Waals surface area (Å²) in [5, 5.41) is 51.0. The highest BCUT2D eigenvalue weighted by atomic mass is 35.5. The van der Waals surface area contributed by atoms with Crippen LogP contribution in [0, 0.1) is 5.92 Å². The zero-order valence-electron chi connectivity index (χ0n) is 28.7. The van der Waals surface area contributed by atoms with Gasteiger partial charge in [-0.2, -0.15) is 4.31 Å². The molecule has 0 bridgehead atoms. The molecule has 2 aromatic carbocycles. The summed E-state index contributed by atoms with van der Waals surface area (Å²) < 4.78 is 41.6. The standard InChI is InChI=1S/C37H46ClN3O10S/c38-30-8-7-26(52(48,49)41-15-10-23(11-16-41)17-34(45)40-20-31(43)35(46)36(47)32(44)21-42)18-24(30)22-50-37(12-13-37)29-19-39-14-9-27(29)28-3-1-2-4-33(28)51-25-5-6-25/h1-4,7-9,14,18-19,23,25,31-32,35-36,42-44,46-47H,5-6,10-13,15-17,20-22H2,(H,40,45)/t31-,32+,35+,36+/m0/s1. The van der Waals surface area contributed by atoms with E-state index in [1.165, 1.54) is 10.4 Å². The van der Waals surface area contributed by atoms with Gasteiger partial charge in [-0.25, -0.2) is 8.42 Å². The van der Waals surface area contributed by atoms with Gasteiger partial charge in [0.2, 0.25) is 15.9 Å². The van der Waals surface area contributed by atoms with Crippen molar-refractivity contribution in [1.82, 2.24) is 14.6 Å². The minimum atomic E-state index is -3.87. The maximum atomic E-state index is 13.7. The predicted octanol–water partition coefficient (Wildman–Crippen LogP) is 2.49. The SMILES string of the molecule is O=C(CC1CCN(S(=O)(=O)c2ccc(Cl)c(COC3(c4cnccc4-c4ccccc4OC4CC4)CC3)c2)CC1)NC[C@H](O)[C@@H](O)[C@H](O)[C@H](O)CO. The summed E-state index contributed by atoms with van der Waals surface area (Å²) in [6, 6.07) is 14.6. The van der Waals surface area contributed by atoms with E-state index in [4.69, 9.17) is 26.2 Å². The number of sulfonamides is 1. The molecule has 6 N–H and O–H groups in total. The first-order valence-electron chi connectivity index (χ1n) is 17.6. The number of carbonyl (C=O) groups is 1. The Labute approximate surface area is 308 Å². The molecule has 1 aromatic heterocycles. The van der Waals surface area contributed by atoms with Crippen molar-refractivity contribution in [3.05, 3.63) is 77.1 Å². The summed E-state index contributed by atoms with van der Waals surface area (Å²) in [5.41, 5.74) is 2.86. The zero-order valence-corrected chi connectivity index (χ0v) is 30.3. The average Bonchev–Trinajstić information content (AvgIpc) is 4.10. The highest BCUT2D eigenvalue weighted by Crippen LogP contribution is 2.53. The molecule has 4 atom stereocenters. The summed E-state index contributed by atoms with van der Waals surface area (Å²) >= 11 is 6.58. The number of aliphatic hydroxyl groups excluding tert-OH is 5. The molecule has 0 radical (unpaired) electrons. The van der Waals surface area contributed by atoms with E-state index in [1.807, 2.05) is 36.5 Å². The summed E-state index contributed by atoms with van der Waals surface area (Å²) in [6.07, 6.45) is 1.66. The molecule has 1 amide bonds. The molecule has 1 saturated heterocycles. The number of ether oxygens (including phenoxy) is 2. The summed E-state index contributed by atoms with van der Waals surface area (Å²) in [5.74, 6) is 0.311. The molecule has 3 fully saturated rings. The van der Waals surface area contributed by atoms with Crippen LogP contribution in [0.3, 0.4) is 0 Å². The lowest BCUT2D eigenvalue weighted by Crippen LogP contribution is -2.49. The van der Waals surface area contributed by atoms with Gasteiger partial charge in [0, 0.05) is 54.6 Å². The predicted molar refractivity (Wildman–Crippen MR) is 191 cm³/mol. The van der Waals surface area contributed by atoms with E-state index >= 15 is 0 Å². The number of pyridine rings is 1. The number of aliphatic hydroxyl groups is 5. The first-order valence-corrected chi connectivity index (χ1v) is 19.5. The Bertz CT molecular complexity index is 1810. The molecule has 52 heavy (non-hydrogen) atoms. The van der Waals surface area contributed by atoms with E-state index < -0.39 is 52.6 Å². The van der Waals surface area contributed by atoms with Crippen LogP contribution < -0.4 is 10.1 Å². The van der Waals surface area contributed by atoms with Gasteiger partial charge in [0.15, 0.2) is 0 Å². The van der Waals surface area contributed by atoms with Crippen molar-refractivity contribution in [3.63, 3.8) is 0 Å². The summed E-state index contributed by atoms with van der Waals surface area (Å²) in [6.45, 7) is -0.666. The van der Waals surface area contributed by atoms with E-state index in [0.29, 0.717) is 23.4 Å². The second-order valence-electron chi connectivity index (χ2n) is 13.9. The molecule has 0 spiro atoms. The zero-order chi connectivity index (χ0) is 37.0. The maximum absolute atomic E-state index is 13.7. The van der Waals surface area contributed by atoms with Crippen molar-refractivity contribution in [3.8, 4) is 16.9 Å². The molecule has 2 heterocycles. The van der Waals surface area contributed by atoms with Crippen LogP contribution in [0.25, 0.3) is 11.1 Å². The molecule has 13 nitrogen and oxygen atoms in total. The minimum absolute atomic E-state index is 0.0838. The van der Waals surface area contributed by atoms with Crippen LogP contribution in [-0.2, 0) is 31.8 Å². The van der Waals surface area contributed by atoms with E-state index in [0.717, 1.165) is 48.1 Å². The number of hydrogen-bond acceptors (Lipinski definition) is 11. The van der Waals surface area contributed by atoms with E-state index in [2.05, 4.69) is 10.3 Å². The Morgan fingerprint density at radius 1 is 0.981 bits per heavy atom. The Balaban J connectivity index is 1.05. The number of rotatable bonds is 17. The molecule has 2 saturated carbocycles. The third-order valence-corrected chi connectivity index (χ3v) is 12.3. The first-order chi connectivity index (χ1) is 24.9. The van der Waals surface area contributed by atoms with Gasteiger partial charge >= 0.3 is 0 Å². The highest BCUT2D eigenvalue weighted by molar-refractivity contribution is 7.89. The van der Waals surface area contributed by atoms with Crippen molar-refractivity contribution < 1.29 is 48.2 Å². The molecular formula is C37H46ClN3O10S. The minimum Gasteiger partial charge on any atom is -0.490 e. The van der Waals surface area contributed by atoms with Crippen LogP contribution in [0.5, 0.6) is 5.75 Å². The van der Waals surface area contributed by atoms with Crippen LogP contribution in [-0.4, -0.2) is 106 Å². The van der Waals surface area contributed by atoms with E-state index in [1.54, 1.807) is 18.3 Å². The molecule has 3 aromatic rings. The fourth-order valence-electron chi connectivity index (χ4n) is 6.53. The smallest absolute Gasteiger partial charge is 0.243 e.